The van der Waals surface area contributed by atoms with Crippen molar-refractivity contribution in [3.63, 3.8) is 0 Å². The van der Waals surface area contributed by atoms with Crippen LogP contribution in [0.3, 0.4) is 0 Å². The number of ether oxygens (including phenoxy) is 15. The molecule has 6 heterocycles. The molecule has 6 aliphatic heterocycles. The second kappa shape index (κ2) is 33.8. The van der Waals surface area contributed by atoms with Crippen molar-refractivity contribution in [2.45, 2.75) is 290 Å². The van der Waals surface area contributed by atoms with E-state index < -0.39 is 279 Å². The average Bonchev–Trinajstić information content (AvgIpc) is 0.670. The number of rotatable bonds is 25. The molecule has 0 bridgehead atoms. The molecule has 5 aliphatic carbocycles. The highest BCUT2D eigenvalue weighted by Crippen LogP contribution is 2.76. The number of aliphatic hydroxyl groups is 16. The number of hydrogen-bond donors (Lipinski definition) is 18. The monoisotopic (exact) mass is 1560 g/mol. The van der Waals surface area contributed by atoms with Gasteiger partial charge in [0.05, 0.1) is 82.6 Å². The number of carbonyl (C=O) groups is 4. The van der Waals surface area contributed by atoms with Crippen molar-refractivity contribution in [2.75, 3.05) is 66.6 Å². The van der Waals surface area contributed by atoms with Gasteiger partial charge in [0, 0.05) is 7.11 Å². The van der Waals surface area contributed by atoms with Crippen LogP contribution in [0.15, 0.2) is 11.6 Å². The molecule has 4 saturated carbocycles. The maximum absolute atomic E-state index is 16.0. The number of hydrogen-bond acceptors (Lipinski definition) is 35. The number of carbonyl (C=O) groups excluding carboxylic acids is 3. The van der Waals surface area contributed by atoms with Gasteiger partial charge in [-0.2, -0.15) is 0 Å². The minimum absolute atomic E-state index is 0.00116. The Morgan fingerprint density at radius 3 is 1.78 bits per heavy atom. The van der Waals surface area contributed by atoms with Crippen LogP contribution in [-0.2, 0) is 90.2 Å². The summed E-state index contributed by atoms with van der Waals surface area (Å²) in [5.41, 5.74) is -5.09. The first-order valence-corrected chi connectivity index (χ1v) is 37.3. The van der Waals surface area contributed by atoms with Crippen LogP contribution in [-0.4, -0.2) is 362 Å². The number of allylic oxidation sites excluding steroid dienone is 2. The van der Waals surface area contributed by atoms with Crippen molar-refractivity contribution in [3.05, 3.63) is 11.6 Å². The number of aliphatic carboxylic acids is 1. The summed E-state index contributed by atoms with van der Waals surface area (Å²) in [5.74, 6) is -5.02. The highest BCUT2D eigenvalue weighted by molar-refractivity contribution is 5.80. The van der Waals surface area contributed by atoms with Crippen LogP contribution in [0.1, 0.15) is 106 Å². The van der Waals surface area contributed by atoms with E-state index in [1.54, 1.807) is 6.92 Å². The summed E-state index contributed by atoms with van der Waals surface area (Å²) in [6, 6.07) is -1.55. The van der Waals surface area contributed by atoms with Crippen LogP contribution in [0.4, 0.5) is 0 Å². The van der Waals surface area contributed by atoms with Crippen LogP contribution >= 0.6 is 0 Å². The number of amides is 1. The summed E-state index contributed by atoms with van der Waals surface area (Å²) in [4.78, 5) is 56.9. The van der Waals surface area contributed by atoms with Gasteiger partial charge in [0.1, 0.15) is 128 Å². The van der Waals surface area contributed by atoms with Gasteiger partial charge in [-0.3, -0.25) is 9.59 Å². The third-order valence-corrected chi connectivity index (χ3v) is 26.2. The first kappa shape index (κ1) is 85.5. The lowest BCUT2D eigenvalue weighted by Crippen LogP contribution is -2.70. The molecule has 108 heavy (non-hydrogen) atoms. The Bertz CT molecular complexity index is 3100. The number of carboxylic acids is 1. The van der Waals surface area contributed by atoms with E-state index in [9.17, 15) is 101 Å². The summed E-state index contributed by atoms with van der Waals surface area (Å²) in [6.07, 6.45) is -47.2. The molecule has 1 amide bonds. The molecule has 0 aromatic carbocycles. The zero-order valence-corrected chi connectivity index (χ0v) is 61.8. The zero-order valence-electron chi connectivity index (χ0n) is 61.8. The summed E-state index contributed by atoms with van der Waals surface area (Å²) in [5, 5.41) is 191. The third-order valence-electron chi connectivity index (χ3n) is 26.2. The van der Waals surface area contributed by atoms with Gasteiger partial charge < -0.3 is 168 Å². The minimum atomic E-state index is -2.23. The smallest absolute Gasteiger partial charge is 0.335 e. The largest absolute Gasteiger partial charge is 0.479 e. The predicted octanol–water partition coefficient (Wildman–Crippen LogP) is -6.04. The van der Waals surface area contributed by atoms with Gasteiger partial charge in [-0.1, -0.05) is 53.2 Å². The van der Waals surface area contributed by atoms with E-state index in [1.165, 1.54) is 14.0 Å². The summed E-state index contributed by atoms with van der Waals surface area (Å²) in [7, 11) is 1.50. The summed E-state index contributed by atoms with van der Waals surface area (Å²) >= 11 is 0. The van der Waals surface area contributed by atoms with Crippen LogP contribution in [0, 0.1) is 50.2 Å². The van der Waals surface area contributed by atoms with Crippen molar-refractivity contribution >= 4 is 24.1 Å². The fraction of sp³-hybridized carbons (Fsp3) is 0.915. The van der Waals surface area contributed by atoms with E-state index in [2.05, 4.69) is 46.0 Å². The summed E-state index contributed by atoms with van der Waals surface area (Å²) in [6.45, 7) is 10.8. The maximum Gasteiger partial charge on any atom is 0.335 e. The van der Waals surface area contributed by atoms with E-state index >= 15 is 4.79 Å². The number of esters is 1. The Kier molecular flexibility index (Phi) is 26.8. The van der Waals surface area contributed by atoms with E-state index in [-0.39, 0.29) is 45.0 Å². The van der Waals surface area contributed by atoms with Gasteiger partial charge >= 0.3 is 11.9 Å². The van der Waals surface area contributed by atoms with Crippen molar-refractivity contribution in [2.24, 2.45) is 50.2 Å². The molecule has 10 fully saturated rings. The van der Waals surface area contributed by atoms with Gasteiger partial charge in [-0.15, -0.1) is 0 Å². The number of methoxy groups -OCH3 is 1. The van der Waals surface area contributed by atoms with Gasteiger partial charge in [0.2, 0.25) is 12.2 Å². The van der Waals surface area contributed by atoms with Gasteiger partial charge in [-0.05, 0) is 104 Å². The number of aliphatic hydroxyl groups excluding tert-OH is 16. The van der Waals surface area contributed by atoms with E-state index in [1.807, 2.05) is 0 Å². The molecule has 37 heteroatoms. The van der Waals surface area contributed by atoms with Crippen molar-refractivity contribution in [1.29, 1.82) is 0 Å². The lowest BCUT2D eigenvalue weighted by atomic mass is 9.33. The average molecular weight is 1560 g/mol. The third kappa shape index (κ3) is 15.7. The minimum Gasteiger partial charge on any atom is -0.479 e. The molecule has 37 nitrogen and oxygen atoms in total. The number of aldehydes is 1. The van der Waals surface area contributed by atoms with Gasteiger partial charge in [0.15, 0.2) is 43.7 Å². The number of nitrogens with one attached hydrogen (secondary N) is 1. The molecule has 0 aromatic rings. The Morgan fingerprint density at radius 2 is 1.15 bits per heavy atom. The predicted molar refractivity (Wildman–Crippen MR) is 356 cm³/mol. The second-order valence-electron chi connectivity index (χ2n) is 33.0. The number of fused-ring (bicyclic) bond motifs is 7. The first-order chi connectivity index (χ1) is 50.9. The van der Waals surface area contributed by atoms with Crippen molar-refractivity contribution in [1.82, 2.24) is 5.32 Å². The molecule has 0 spiro atoms. The Morgan fingerprint density at radius 1 is 0.565 bits per heavy atom. The second-order valence-corrected chi connectivity index (χ2v) is 33.0. The van der Waals surface area contributed by atoms with Crippen molar-refractivity contribution in [3.8, 4) is 0 Å². The highest BCUT2D eigenvalue weighted by atomic mass is 16.8. The molecular formula is C71H113NO36. The first-order valence-electron chi connectivity index (χ1n) is 37.3. The van der Waals surface area contributed by atoms with Crippen molar-refractivity contribution < 1.29 is 177 Å². The molecule has 618 valence electrons. The Labute approximate surface area is 623 Å². The molecule has 11 aliphatic rings. The zero-order chi connectivity index (χ0) is 78.8. The van der Waals surface area contributed by atoms with Gasteiger partial charge in [-0.25, -0.2) is 4.79 Å². The fourth-order valence-electron chi connectivity index (χ4n) is 19.8. The SMILES string of the molecule is COCCOCCOCC(=O)N[C@@H]1C(O)C(O[C@@H]2OC(C)[C@H](O[C@@H]3OC[C@@H](O)C(O)C3O)C(O)C2O)[C@H](OC(=O)[C@]23CCC(C)(C)CC2C2=CCC4C5(C)CC[C@H](O[C@@H]6OC(C(=O)O)[C@@H](O)[C@H](O[C@@H]7OC[C@@H](O)[C@H](O)C7O)C6O[C@@H]6OC(CO)[C@H](O)[C@H](O)C6O)[C@](C)(C=O)[C@@H]5CC[C@]4(C)[C@]2(C)CC3O)O[C@@H]1CO. The van der Waals surface area contributed by atoms with Crippen LogP contribution in [0.25, 0.3) is 0 Å². The fourth-order valence-corrected chi connectivity index (χ4v) is 19.8. The Balaban J connectivity index is 0.868. The normalized spacial score (nSPS) is 50.2. The van der Waals surface area contributed by atoms with Crippen LogP contribution < -0.4 is 5.32 Å². The van der Waals surface area contributed by atoms with E-state index in [0.717, 1.165) is 11.9 Å². The van der Waals surface area contributed by atoms with E-state index in [4.69, 9.17) is 71.1 Å². The standard InChI is InChI=1S/C71H113NO36/c1-29-53(103-59-48(86)42(80)32(76)25-97-59)47(85)51(89)61(99-29)106-56-45(83)41(72-40(79)27-96-20-19-95-18-17-94-8)34(23-73)100-63(56)108-65(93)71-16-15-66(2,3)21-31(71)30-9-10-37-67(4)13-12-39(68(5,28-75)36(67)11-14-69(37,6)70(30,7)22-38(71)78)102-64-57(107-62-50(88)46(84)44(82)35(24-74)101-62)54(52(90)55(105-64)58(91)92)104-60-49(87)43(81)33(77)26-98-60/h9,28-29,31-39,41-57,59-64,73-74,76-78,80-90H,10-27H2,1-8H3,(H,72,79)(H,91,92)/t29?,31?,32-,33-,34-,35?,36-,37?,38?,39+,41+,42?,43+,44+,45?,46+,47?,48?,49?,50?,51?,52+,53+,54+,55?,56?,57?,59+,60+,61+,62+,63+,64-,67?,68-,69+,70-,71-/m1/s1. The molecular weight excluding hydrogens is 1440 g/mol. The van der Waals surface area contributed by atoms with Gasteiger partial charge in [0.25, 0.3) is 0 Å². The lowest BCUT2D eigenvalue weighted by molar-refractivity contribution is -0.391. The maximum atomic E-state index is 16.0. The molecule has 6 saturated heterocycles. The molecule has 0 radical (unpaired) electrons. The Hall–Kier alpha value is -3.38. The molecule has 38 atom stereocenters. The molecule has 0 aromatic heterocycles. The molecule has 18 N–H and O–H groups in total. The quantitative estimate of drug-likeness (QED) is 0.0133. The topological polar surface area (TPSA) is 563 Å². The molecule has 11 rings (SSSR count). The molecule has 16 unspecified atom stereocenters. The van der Waals surface area contributed by atoms with Crippen LogP contribution in [0.2, 0.25) is 0 Å². The summed E-state index contributed by atoms with van der Waals surface area (Å²) < 4.78 is 88.6. The van der Waals surface area contributed by atoms with E-state index in [0.29, 0.717) is 45.1 Å². The lowest BCUT2D eigenvalue weighted by Gasteiger charge is -2.71. The van der Waals surface area contributed by atoms with Crippen LogP contribution in [0.5, 0.6) is 0 Å². The highest BCUT2D eigenvalue weighted by Gasteiger charge is 2.73. The number of carboxylic acid groups (broad SMARTS) is 1.